The molecule has 4 rings (SSSR count). The van der Waals surface area contributed by atoms with E-state index in [4.69, 9.17) is 0 Å². The molecule has 0 spiro atoms. The molecule has 0 fully saturated rings. The monoisotopic (exact) mass is 386 g/mol. The van der Waals surface area contributed by atoms with Crippen LogP contribution >= 0.6 is 11.8 Å². The Labute approximate surface area is 166 Å². The van der Waals surface area contributed by atoms with Gasteiger partial charge in [-0.1, -0.05) is 72.4 Å². The number of benzene rings is 4. The summed E-state index contributed by atoms with van der Waals surface area (Å²) >= 11 is 1.76. The lowest BCUT2D eigenvalue weighted by molar-refractivity contribution is 0.683. The highest BCUT2D eigenvalue weighted by Gasteiger charge is 2.07. The van der Waals surface area contributed by atoms with E-state index in [-0.39, 0.29) is 0 Å². The Balaban J connectivity index is 1.50. The van der Waals surface area contributed by atoms with E-state index < -0.39 is 10.8 Å². The average Bonchev–Trinajstić information content (AvgIpc) is 2.75. The third-order valence-corrected chi connectivity index (χ3v) is 6.61. The van der Waals surface area contributed by atoms with Gasteiger partial charge in [0.1, 0.15) is 0 Å². The van der Waals surface area contributed by atoms with Crippen molar-refractivity contribution in [3.63, 3.8) is 0 Å². The molecule has 0 heterocycles. The first-order chi connectivity index (χ1) is 13.3. The van der Waals surface area contributed by atoms with E-state index in [2.05, 4.69) is 48.5 Å². The first-order valence-electron chi connectivity index (χ1n) is 8.70. The molecule has 0 aliphatic heterocycles. The fourth-order valence-corrected chi connectivity index (χ4v) is 4.69. The molecule has 4 aromatic carbocycles. The van der Waals surface area contributed by atoms with Crippen molar-refractivity contribution < 1.29 is 4.21 Å². The lowest BCUT2D eigenvalue weighted by atomic mass is 10.1. The summed E-state index contributed by atoms with van der Waals surface area (Å²) in [7, 11) is -1.14. The fourth-order valence-electron chi connectivity index (χ4n) is 2.79. The highest BCUT2D eigenvalue weighted by Crippen LogP contribution is 2.30. The standard InChI is InChI=1S/C24H18OS2/c25-27(23-9-5-2-6-10-23)24-17-13-20(14-18-24)19-11-15-22(16-12-19)26-21-7-3-1-4-8-21/h1-18H. The Morgan fingerprint density at radius 2 is 0.926 bits per heavy atom. The van der Waals surface area contributed by atoms with Gasteiger partial charge in [0.05, 0.1) is 10.8 Å². The molecule has 0 aromatic heterocycles. The molecular formula is C24H18OS2. The molecular weight excluding hydrogens is 368 g/mol. The Hall–Kier alpha value is -2.62. The van der Waals surface area contributed by atoms with Crippen LogP contribution in [0.1, 0.15) is 0 Å². The van der Waals surface area contributed by atoms with Gasteiger partial charge in [0, 0.05) is 19.6 Å². The lowest BCUT2D eigenvalue weighted by Crippen LogP contribution is -1.92. The summed E-state index contributed by atoms with van der Waals surface area (Å²) in [5, 5.41) is 0. The van der Waals surface area contributed by atoms with E-state index in [9.17, 15) is 4.21 Å². The molecule has 0 aliphatic carbocycles. The van der Waals surface area contributed by atoms with Crippen molar-refractivity contribution in [2.24, 2.45) is 0 Å². The Morgan fingerprint density at radius 1 is 0.481 bits per heavy atom. The first-order valence-corrected chi connectivity index (χ1v) is 10.7. The molecule has 4 aromatic rings. The van der Waals surface area contributed by atoms with Crippen molar-refractivity contribution in [2.75, 3.05) is 0 Å². The maximum atomic E-state index is 12.6. The Kier molecular flexibility index (Phi) is 5.52. The molecule has 0 bridgehead atoms. The molecule has 1 nitrogen and oxygen atoms in total. The molecule has 3 heteroatoms. The molecule has 132 valence electrons. The highest BCUT2D eigenvalue weighted by atomic mass is 32.2. The first kappa shape index (κ1) is 17.8. The zero-order valence-electron chi connectivity index (χ0n) is 14.6. The van der Waals surface area contributed by atoms with Gasteiger partial charge < -0.3 is 0 Å². The zero-order valence-corrected chi connectivity index (χ0v) is 16.3. The normalized spacial score (nSPS) is 11.9. The van der Waals surface area contributed by atoms with Crippen molar-refractivity contribution in [3.05, 3.63) is 109 Å². The van der Waals surface area contributed by atoms with Gasteiger partial charge in [-0.3, -0.25) is 0 Å². The second kappa shape index (κ2) is 8.38. The minimum absolute atomic E-state index is 0.821. The highest BCUT2D eigenvalue weighted by molar-refractivity contribution is 7.99. The van der Waals surface area contributed by atoms with Gasteiger partial charge in [-0.05, 0) is 59.7 Å². The van der Waals surface area contributed by atoms with Gasteiger partial charge in [-0.25, -0.2) is 4.21 Å². The van der Waals surface area contributed by atoms with Crippen molar-refractivity contribution >= 4 is 22.6 Å². The van der Waals surface area contributed by atoms with Crippen LogP contribution in [0.4, 0.5) is 0 Å². The molecule has 0 aliphatic rings. The van der Waals surface area contributed by atoms with Gasteiger partial charge in [0.2, 0.25) is 0 Å². The molecule has 0 amide bonds. The SMILES string of the molecule is O=S(c1ccccc1)c1ccc(-c2ccc(Sc3ccccc3)cc2)cc1. The van der Waals surface area contributed by atoms with E-state index >= 15 is 0 Å². The van der Waals surface area contributed by atoms with Crippen LogP contribution in [0.5, 0.6) is 0 Å². The van der Waals surface area contributed by atoms with Crippen LogP contribution < -0.4 is 0 Å². The van der Waals surface area contributed by atoms with E-state index in [0.29, 0.717) is 0 Å². The van der Waals surface area contributed by atoms with Crippen molar-refractivity contribution in [1.82, 2.24) is 0 Å². The maximum absolute atomic E-state index is 12.6. The molecule has 0 saturated carbocycles. The van der Waals surface area contributed by atoms with Crippen LogP contribution in [-0.4, -0.2) is 4.21 Å². The predicted octanol–water partition coefficient (Wildman–Crippen LogP) is 6.67. The van der Waals surface area contributed by atoms with Crippen molar-refractivity contribution in [1.29, 1.82) is 0 Å². The Morgan fingerprint density at radius 3 is 1.52 bits per heavy atom. The van der Waals surface area contributed by atoms with Gasteiger partial charge >= 0.3 is 0 Å². The van der Waals surface area contributed by atoms with E-state index in [1.54, 1.807) is 11.8 Å². The topological polar surface area (TPSA) is 17.1 Å². The van der Waals surface area contributed by atoms with Crippen LogP contribution in [0.15, 0.2) is 129 Å². The predicted molar refractivity (Wildman–Crippen MR) is 114 cm³/mol. The van der Waals surface area contributed by atoms with Gasteiger partial charge in [0.25, 0.3) is 0 Å². The van der Waals surface area contributed by atoms with E-state index in [1.807, 2.05) is 60.7 Å². The summed E-state index contributed by atoms with van der Waals surface area (Å²) in [6.45, 7) is 0. The second-order valence-electron chi connectivity index (χ2n) is 6.05. The molecule has 0 saturated heterocycles. The Bertz CT molecular complexity index is 1030. The summed E-state index contributed by atoms with van der Waals surface area (Å²) in [4.78, 5) is 4.10. The molecule has 1 unspecified atom stereocenters. The van der Waals surface area contributed by atoms with E-state index in [0.717, 1.165) is 20.9 Å². The van der Waals surface area contributed by atoms with Crippen LogP contribution in [0.2, 0.25) is 0 Å². The van der Waals surface area contributed by atoms with Gasteiger partial charge in [0.15, 0.2) is 0 Å². The van der Waals surface area contributed by atoms with Crippen LogP contribution in [0, 0.1) is 0 Å². The van der Waals surface area contributed by atoms with Gasteiger partial charge in [-0.15, -0.1) is 0 Å². The minimum atomic E-state index is -1.14. The molecule has 0 N–H and O–H groups in total. The van der Waals surface area contributed by atoms with Crippen molar-refractivity contribution in [3.8, 4) is 11.1 Å². The molecule has 0 radical (unpaired) electrons. The number of rotatable bonds is 5. The van der Waals surface area contributed by atoms with Gasteiger partial charge in [-0.2, -0.15) is 0 Å². The second-order valence-corrected chi connectivity index (χ2v) is 8.67. The smallest absolute Gasteiger partial charge is 0.0849 e. The van der Waals surface area contributed by atoms with E-state index in [1.165, 1.54) is 9.79 Å². The maximum Gasteiger partial charge on any atom is 0.0849 e. The third kappa shape index (κ3) is 4.38. The lowest BCUT2D eigenvalue weighted by Gasteiger charge is -2.07. The molecule has 1 atom stereocenters. The summed E-state index contributed by atoms with van der Waals surface area (Å²) in [5.41, 5.74) is 2.28. The van der Waals surface area contributed by atoms with Crippen LogP contribution in [0.25, 0.3) is 11.1 Å². The molecule has 27 heavy (non-hydrogen) atoms. The summed E-state index contributed by atoms with van der Waals surface area (Å²) in [6, 6.07) is 36.4. The third-order valence-electron chi connectivity index (χ3n) is 4.19. The summed E-state index contributed by atoms with van der Waals surface area (Å²) < 4.78 is 12.6. The number of hydrogen-bond acceptors (Lipinski definition) is 2. The summed E-state index contributed by atoms with van der Waals surface area (Å²) in [6.07, 6.45) is 0. The fraction of sp³-hybridized carbons (Fsp3) is 0. The zero-order chi connectivity index (χ0) is 18.5. The summed E-state index contributed by atoms with van der Waals surface area (Å²) in [5.74, 6) is 0. The number of hydrogen-bond donors (Lipinski definition) is 0. The van der Waals surface area contributed by atoms with Crippen LogP contribution in [0.3, 0.4) is 0 Å². The van der Waals surface area contributed by atoms with Crippen LogP contribution in [-0.2, 0) is 10.8 Å². The minimum Gasteiger partial charge on any atom is -0.249 e. The quantitative estimate of drug-likeness (QED) is 0.381. The largest absolute Gasteiger partial charge is 0.249 e. The average molecular weight is 387 g/mol. The van der Waals surface area contributed by atoms with Crippen molar-refractivity contribution in [2.45, 2.75) is 19.6 Å².